The maximum absolute atomic E-state index is 11.3. The van der Waals surface area contributed by atoms with Gasteiger partial charge in [0.25, 0.3) is 0 Å². The van der Waals surface area contributed by atoms with Gasteiger partial charge in [0, 0.05) is 30.6 Å². The van der Waals surface area contributed by atoms with Gasteiger partial charge in [-0.1, -0.05) is 24.3 Å². The van der Waals surface area contributed by atoms with Crippen LogP contribution < -0.4 is 5.73 Å². The molecule has 2 rings (SSSR count). The molecule has 0 unspecified atom stereocenters. The number of hydrogen-bond acceptors (Lipinski definition) is 3. The predicted octanol–water partition coefficient (Wildman–Crippen LogP) is 1.23. The second-order valence-electron chi connectivity index (χ2n) is 3.57. The molecule has 0 radical (unpaired) electrons. The van der Waals surface area contributed by atoms with Crippen molar-refractivity contribution in [3.8, 4) is 11.4 Å². The van der Waals surface area contributed by atoms with Crippen LogP contribution in [0.15, 0.2) is 36.7 Å². The molecule has 2 N–H and O–H groups in total. The highest BCUT2D eigenvalue weighted by molar-refractivity contribution is 5.97. The van der Waals surface area contributed by atoms with Crippen LogP contribution in [0.5, 0.6) is 0 Å². The Labute approximate surface area is 93.7 Å². The van der Waals surface area contributed by atoms with Gasteiger partial charge in [-0.2, -0.15) is 0 Å². The topological polar surface area (TPSA) is 60.9 Å². The summed E-state index contributed by atoms with van der Waals surface area (Å²) in [7, 11) is 1.93. The van der Waals surface area contributed by atoms with Crippen molar-refractivity contribution in [2.75, 3.05) is 6.54 Å². The number of Topliss-reactive ketones (excluding diaryl/α,β-unsaturated/α-hetero) is 1. The summed E-state index contributed by atoms with van der Waals surface area (Å²) < 4.78 is 1.93. The highest BCUT2D eigenvalue weighted by Crippen LogP contribution is 2.17. The molecule has 0 spiro atoms. The van der Waals surface area contributed by atoms with Crippen LogP contribution in [0.3, 0.4) is 0 Å². The van der Waals surface area contributed by atoms with Gasteiger partial charge in [-0.05, 0) is 0 Å². The summed E-state index contributed by atoms with van der Waals surface area (Å²) in [5, 5.41) is 0. The fourth-order valence-corrected chi connectivity index (χ4v) is 1.57. The van der Waals surface area contributed by atoms with Crippen molar-refractivity contribution < 1.29 is 4.79 Å². The lowest BCUT2D eigenvalue weighted by Gasteiger charge is -2.03. The SMILES string of the molecule is Cn1ccnc1-c1ccc(C(=O)CN)cc1. The van der Waals surface area contributed by atoms with E-state index in [-0.39, 0.29) is 12.3 Å². The zero-order chi connectivity index (χ0) is 11.5. The number of carbonyl (C=O) groups excluding carboxylic acids is 1. The Morgan fingerprint density at radius 1 is 1.38 bits per heavy atom. The van der Waals surface area contributed by atoms with Gasteiger partial charge in [0.1, 0.15) is 5.82 Å². The number of aromatic nitrogens is 2. The van der Waals surface area contributed by atoms with E-state index >= 15 is 0 Å². The average Bonchev–Trinajstić information content (AvgIpc) is 2.75. The summed E-state index contributed by atoms with van der Waals surface area (Å²) in [5.74, 6) is 0.832. The summed E-state index contributed by atoms with van der Waals surface area (Å²) in [6.07, 6.45) is 3.63. The summed E-state index contributed by atoms with van der Waals surface area (Å²) >= 11 is 0. The van der Waals surface area contributed by atoms with Crippen LogP contribution in [0.25, 0.3) is 11.4 Å². The predicted molar refractivity (Wildman–Crippen MR) is 62.0 cm³/mol. The van der Waals surface area contributed by atoms with Crippen LogP contribution in [0.2, 0.25) is 0 Å². The minimum absolute atomic E-state index is 0.0434. The lowest BCUT2D eigenvalue weighted by Crippen LogP contribution is -2.13. The lowest BCUT2D eigenvalue weighted by molar-refractivity contribution is 0.100. The van der Waals surface area contributed by atoms with E-state index in [1.807, 2.05) is 29.9 Å². The molecule has 82 valence electrons. The molecule has 4 heteroatoms. The van der Waals surface area contributed by atoms with Crippen molar-refractivity contribution in [1.82, 2.24) is 9.55 Å². The first-order chi connectivity index (χ1) is 7.72. The number of carbonyl (C=O) groups is 1. The molecule has 0 fully saturated rings. The zero-order valence-corrected chi connectivity index (χ0v) is 9.05. The van der Waals surface area contributed by atoms with E-state index < -0.39 is 0 Å². The number of imidazole rings is 1. The minimum Gasteiger partial charge on any atom is -0.334 e. The van der Waals surface area contributed by atoms with Gasteiger partial charge in [-0.25, -0.2) is 4.98 Å². The Kier molecular flexibility index (Phi) is 2.83. The fraction of sp³-hybridized carbons (Fsp3) is 0.167. The Hall–Kier alpha value is -1.94. The smallest absolute Gasteiger partial charge is 0.176 e. The van der Waals surface area contributed by atoms with Crippen molar-refractivity contribution in [3.63, 3.8) is 0 Å². The van der Waals surface area contributed by atoms with Crippen LogP contribution in [0, 0.1) is 0 Å². The highest BCUT2D eigenvalue weighted by Gasteiger charge is 2.05. The van der Waals surface area contributed by atoms with Crippen LogP contribution in [0.4, 0.5) is 0 Å². The van der Waals surface area contributed by atoms with Crippen molar-refractivity contribution in [2.24, 2.45) is 12.8 Å². The third-order valence-electron chi connectivity index (χ3n) is 2.47. The molecule has 0 saturated heterocycles. The van der Waals surface area contributed by atoms with E-state index in [1.54, 1.807) is 18.3 Å². The molecule has 0 aliphatic carbocycles. The highest BCUT2D eigenvalue weighted by atomic mass is 16.1. The maximum Gasteiger partial charge on any atom is 0.176 e. The largest absolute Gasteiger partial charge is 0.334 e. The van der Waals surface area contributed by atoms with Crippen LogP contribution in [-0.2, 0) is 7.05 Å². The molecular formula is C12H13N3O. The number of rotatable bonds is 3. The monoisotopic (exact) mass is 215 g/mol. The summed E-state index contributed by atoms with van der Waals surface area (Å²) in [5.41, 5.74) is 6.92. The standard InChI is InChI=1S/C12H13N3O/c1-15-7-6-14-12(15)10-4-2-9(3-5-10)11(16)8-13/h2-7H,8,13H2,1H3. The Morgan fingerprint density at radius 2 is 2.06 bits per heavy atom. The molecule has 0 saturated carbocycles. The van der Waals surface area contributed by atoms with Crippen LogP contribution in [-0.4, -0.2) is 21.9 Å². The summed E-state index contributed by atoms with van der Waals surface area (Å²) in [6.45, 7) is 0.0434. The molecule has 16 heavy (non-hydrogen) atoms. The third kappa shape index (κ3) is 1.87. The second kappa shape index (κ2) is 4.28. The van der Waals surface area contributed by atoms with Crippen molar-refractivity contribution >= 4 is 5.78 Å². The van der Waals surface area contributed by atoms with Gasteiger partial charge in [-0.15, -0.1) is 0 Å². The molecular weight excluding hydrogens is 202 g/mol. The second-order valence-corrected chi connectivity index (χ2v) is 3.57. The molecule has 0 amide bonds. The zero-order valence-electron chi connectivity index (χ0n) is 9.05. The van der Waals surface area contributed by atoms with Crippen molar-refractivity contribution in [1.29, 1.82) is 0 Å². The first-order valence-corrected chi connectivity index (χ1v) is 5.03. The molecule has 0 aliphatic rings. The first kappa shape index (κ1) is 10.6. The fourth-order valence-electron chi connectivity index (χ4n) is 1.57. The van der Waals surface area contributed by atoms with E-state index in [0.717, 1.165) is 11.4 Å². The van der Waals surface area contributed by atoms with Gasteiger partial charge in [-0.3, -0.25) is 4.79 Å². The number of nitrogens with zero attached hydrogens (tertiary/aromatic N) is 2. The molecule has 1 aromatic carbocycles. The van der Waals surface area contributed by atoms with E-state index in [0.29, 0.717) is 5.56 Å². The summed E-state index contributed by atoms with van der Waals surface area (Å²) in [4.78, 5) is 15.6. The molecule has 0 aliphatic heterocycles. The molecule has 2 aromatic rings. The van der Waals surface area contributed by atoms with Gasteiger partial charge >= 0.3 is 0 Å². The lowest BCUT2D eigenvalue weighted by atomic mass is 10.1. The Bertz CT molecular complexity index is 499. The minimum atomic E-state index is -0.0496. The van der Waals surface area contributed by atoms with E-state index in [2.05, 4.69) is 4.98 Å². The number of ketones is 1. The van der Waals surface area contributed by atoms with Crippen LogP contribution >= 0.6 is 0 Å². The number of nitrogens with two attached hydrogens (primary N) is 1. The quantitative estimate of drug-likeness (QED) is 0.783. The van der Waals surface area contributed by atoms with Gasteiger partial charge in [0.05, 0.1) is 6.54 Å². The number of hydrogen-bond donors (Lipinski definition) is 1. The van der Waals surface area contributed by atoms with Gasteiger partial charge < -0.3 is 10.3 Å². The normalized spacial score (nSPS) is 10.4. The Balaban J connectivity index is 2.33. The molecule has 4 nitrogen and oxygen atoms in total. The summed E-state index contributed by atoms with van der Waals surface area (Å²) in [6, 6.07) is 7.31. The molecule has 0 bridgehead atoms. The molecule has 0 atom stereocenters. The third-order valence-corrected chi connectivity index (χ3v) is 2.47. The molecule has 1 aromatic heterocycles. The van der Waals surface area contributed by atoms with E-state index in [1.165, 1.54) is 0 Å². The van der Waals surface area contributed by atoms with E-state index in [9.17, 15) is 4.79 Å². The maximum atomic E-state index is 11.3. The van der Waals surface area contributed by atoms with E-state index in [4.69, 9.17) is 5.73 Å². The van der Waals surface area contributed by atoms with Crippen molar-refractivity contribution in [3.05, 3.63) is 42.2 Å². The van der Waals surface area contributed by atoms with Gasteiger partial charge in [0.15, 0.2) is 5.78 Å². The number of aryl methyl sites for hydroxylation is 1. The van der Waals surface area contributed by atoms with Crippen LogP contribution in [0.1, 0.15) is 10.4 Å². The average molecular weight is 215 g/mol. The number of benzene rings is 1. The first-order valence-electron chi connectivity index (χ1n) is 5.03. The molecule has 1 heterocycles. The van der Waals surface area contributed by atoms with Gasteiger partial charge in [0.2, 0.25) is 0 Å². The Morgan fingerprint density at radius 3 is 2.56 bits per heavy atom. The van der Waals surface area contributed by atoms with Crippen molar-refractivity contribution in [2.45, 2.75) is 0 Å².